The second kappa shape index (κ2) is 15.3. The van der Waals surface area contributed by atoms with Gasteiger partial charge in [-0.3, -0.25) is 0 Å². The molecular formula is C39H46O. The van der Waals surface area contributed by atoms with Gasteiger partial charge in [-0.1, -0.05) is 153 Å². The van der Waals surface area contributed by atoms with Crippen molar-refractivity contribution in [1.29, 1.82) is 0 Å². The third-order valence-corrected chi connectivity index (χ3v) is 7.68. The van der Waals surface area contributed by atoms with Crippen LogP contribution in [0.4, 0.5) is 0 Å². The van der Waals surface area contributed by atoms with Crippen molar-refractivity contribution >= 4 is 11.1 Å². The number of unbranched alkanes of at least 4 members (excludes halogenated alkanes) is 7. The highest BCUT2D eigenvalue weighted by Crippen LogP contribution is 2.37. The first kappa shape index (κ1) is 29.4. The molecule has 0 unspecified atom stereocenters. The molecule has 0 atom stereocenters. The van der Waals surface area contributed by atoms with Crippen LogP contribution in [0.2, 0.25) is 0 Å². The molecule has 0 fully saturated rings. The molecule has 0 amide bonds. The van der Waals surface area contributed by atoms with Crippen LogP contribution in [0.15, 0.2) is 97.1 Å². The zero-order valence-electron chi connectivity index (χ0n) is 25.0. The molecule has 0 spiro atoms. The van der Waals surface area contributed by atoms with Gasteiger partial charge in [-0.05, 0) is 72.7 Å². The van der Waals surface area contributed by atoms with Crippen molar-refractivity contribution in [3.63, 3.8) is 0 Å². The summed E-state index contributed by atoms with van der Waals surface area (Å²) >= 11 is 0. The van der Waals surface area contributed by atoms with E-state index in [1.165, 1.54) is 95.0 Å². The average Bonchev–Trinajstić information content (AvgIpc) is 2.97. The van der Waals surface area contributed by atoms with Crippen LogP contribution in [-0.4, -0.2) is 6.61 Å². The molecule has 40 heavy (non-hydrogen) atoms. The lowest BCUT2D eigenvalue weighted by Crippen LogP contribution is -2.00. The highest BCUT2D eigenvalue weighted by atomic mass is 16.5. The fraction of sp³-hybridized carbons (Fsp3) is 0.333. The van der Waals surface area contributed by atoms with Crippen molar-refractivity contribution in [2.45, 2.75) is 79.1 Å². The zero-order chi connectivity index (χ0) is 28.2. The quantitative estimate of drug-likeness (QED) is 0.116. The Morgan fingerprint density at radius 3 is 1.12 bits per heavy atom. The SMILES string of the molecule is CCCCCCCCCCOc1ccc(C(=C(c2ccc(C)cc2)c2ccc(C)cc2)c2ccc(C)cc2)cc1. The van der Waals surface area contributed by atoms with Crippen molar-refractivity contribution in [1.82, 2.24) is 0 Å². The van der Waals surface area contributed by atoms with Gasteiger partial charge in [0.2, 0.25) is 0 Å². The Kier molecular flexibility index (Phi) is 11.2. The van der Waals surface area contributed by atoms with Crippen molar-refractivity contribution < 1.29 is 4.74 Å². The van der Waals surface area contributed by atoms with Gasteiger partial charge in [-0.15, -0.1) is 0 Å². The second-order valence-corrected chi connectivity index (χ2v) is 11.2. The van der Waals surface area contributed by atoms with E-state index in [-0.39, 0.29) is 0 Å². The van der Waals surface area contributed by atoms with Crippen molar-refractivity contribution in [2.75, 3.05) is 6.61 Å². The summed E-state index contributed by atoms with van der Waals surface area (Å²) in [5.41, 5.74) is 11.1. The standard InChI is InChI=1S/C39H46O/c1-5-6-7-8-9-10-11-12-29-40-37-27-25-36(26-28-37)39(35-23-17-32(4)18-24-35)38(33-19-13-30(2)14-20-33)34-21-15-31(3)16-22-34/h13-28H,5-12,29H2,1-4H3. The maximum atomic E-state index is 6.15. The van der Waals surface area contributed by atoms with Gasteiger partial charge in [0.05, 0.1) is 6.61 Å². The summed E-state index contributed by atoms with van der Waals surface area (Å²) in [5.74, 6) is 0.946. The minimum atomic E-state index is 0.785. The smallest absolute Gasteiger partial charge is 0.119 e. The third-order valence-electron chi connectivity index (χ3n) is 7.68. The van der Waals surface area contributed by atoms with Gasteiger partial charge in [0.1, 0.15) is 5.75 Å². The highest BCUT2D eigenvalue weighted by Gasteiger charge is 2.16. The van der Waals surface area contributed by atoms with Crippen LogP contribution in [0, 0.1) is 20.8 Å². The first-order valence-corrected chi connectivity index (χ1v) is 15.2. The number of benzene rings is 4. The summed E-state index contributed by atoms with van der Waals surface area (Å²) < 4.78 is 6.15. The Labute approximate surface area is 243 Å². The lowest BCUT2D eigenvalue weighted by molar-refractivity contribution is 0.304. The molecule has 0 heterocycles. The van der Waals surface area contributed by atoms with Crippen LogP contribution >= 0.6 is 0 Å². The van der Waals surface area contributed by atoms with Gasteiger partial charge in [0.15, 0.2) is 0 Å². The molecule has 0 aromatic heterocycles. The zero-order valence-corrected chi connectivity index (χ0v) is 25.0. The lowest BCUT2D eigenvalue weighted by Gasteiger charge is -2.19. The molecule has 0 aliphatic heterocycles. The molecule has 1 nitrogen and oxygen atoms in total. The molecule has 0 saturated heterocycles. The lowest BCUT2D eigenvalue weighted by atomic mass is 9.85. The van der Waals surface area contributed by atoms with E-state index >= 15 is 0 Å². The van der Waals surface area contributed by atoms with Crippen LogP contribution in [0.1, 0.15) is 97.2 Å². The molecule has 0 radical (unpaired) electrons. The van der Waals surface area contributed by atoms with E-state index in [0.29, 0.717) is 0 Å². The maximum Gasteiger partial charge on any atom is 0.119 e. The Balaban J connectivity index is 1.61. The largest absolute Gasteiger partial charge is 0.494 e. The van der Waals surface area contributed by atoms with Crippen LogP contribution in [0.5, 0.6) is 5.75 Å². The molecular weight excluding hydrogens is 484 g/mol. The van der Waals surface area contributed by atoms with Gasteiger partial charge in [-0.25, -0.2) is 0 Å². The number of aryl methyl sites for hydroxylation is 3. The Morgan fingerprint density at radius 2 is 0.750 bits per heavy atom. The van der Waals surface area contributed by atoms with Crippen molar-refractivity contribution in [2.24, 2.45) is 0 Å². The number of ether oxygens (including phenoxy) is 1. The summed E-state index contributed by atoms with van der Waals surface area (Å²) in [7, 11) is 0. The summed E-state index contributed by atoms with van der Waals surface area (Å²) in [6.45, 7) is 9.49. The number of hydrogen-bond donors (Lipinski definition) is 0. The van der Waals surface area contributed by atoms with E-state index in [1.807, 2.05) is 0 Å². The summed E-state index contributed by atoms with van der Waals surface area (Å²) in [5, 5.41) is 0. The van der Waals surface area contributed by atoms with Gasteiger partial charge in [0.25, 0.3) is 0 Å². The van der Waals surface area contributed by atoms with E-state index in [0.717, 1.165) is 18.8 Å². The Bertz CT molecular complexity index is 1280. The summed E-state index contributed by atoms with van der Waals surface area (Å²) in [6.07, 6.45) is 10.5. The first-order valence-electron chi connectivity index (χ1n) is 15.2. The molecule has 4 rings (SSSR count). The van der Waals surface area contributed by atoms with E-state index in [4.69, 9.17) is 4.74 Å². The molecule has 0 saturated carbocycles. The maximum absolute atomic E-state index is 6.15. The molecule has 0 N–H and O–H groups in total. The van der Waals surface area contributed by atoms with Crippen LogP contribution < -0.4 is 4.74 Å². The van der Waals surface area contributed by atoms with E-state index in [1.54, 1.807) is 0 Å². The molecule has 208 valence electrons. The molecule has 4 aromatic rings. The Hall–Kier alpha value is -3.58. The van der Waals surface area contributed by atoms with E-state index in [9.17, 15) is 0 Å². The Morgan fingerprint density at radius 1 is 0.425 bits per heavy atom. The van der Waals surface area contributed by atoms with Crippen LogP contribution in [0.25, 0.3) is 11.1 Å². The van der Waals surface area contributed by atoms with Gasteiger partial charge in [0, 0.05) is 0 Å². The van der Waals surface area contributed by atoms with Gasteiger partial charge < -0.3 is 4.74 Å². The van der Waals surface area contributed by atoms with E-state index < -0.39 is 0 Å². The van der Waals surface area contributed by atoms with Crippen LogP contribution in [0.3, 0.4) is 0 Å². The number of hydrogen-bond acceptors (Lipinski definition) is 1. The minimum Gasteiger partial charge on any atom is -0.494 e. The molecule has 0 aliphatic carbocycles. The van der Waals surface area contributed by atoms with Gasteiger partial charge in [-0.2, -0.15) is 0 Å². The van der Waals surface area contributed by atoms with E-state index in [2.05, 4.69) is 125 Å². The molecule has 1 heteroatoms. The monoisotopic (exact) mass is 530 g/mol. The fourth-order valence-corrected chi connectivity index (χ4v) is 5.22. The normalized spacial score (nSPS) is 10.9. The molecule has 0 aliphatic rings. The summed E-state index contributed by atoms with van der Waals surface area (Å²) in [4.78, 5) is 0. The fourth-order valence-electron chi connectivity index (χ4n) is 5.22. The minimum absolute atomic E-state index is 0.785. The predicted octanol–water partition coefficient (Wildman–Crippen LogP) is 11.1. The second-order valence-electron chi connectivity index (χ2n) is 11.2. The predicted molar refractivity (Wildman–Crippen MR) is 173 cm³/mol. The highest BCUT2D eigenvalue weighted by molar-refractivity contribution is 6.04. The van der Waals surface area contributed by atoms with Gasteiger partial charge >= 0.3 is 0 Å². The average molecular weight is 531 g/mol. The first-order chi connectivity index (χ1) is 19.5. The number of rotatable bonds is 14. The third kappa shape index (κ3) is 8.46. The topological polar surface area (TPSA) is 9.23 Å². The molecule has 0 bridgehead atoms. The molecule has 4 aromatic carbocycles. The summed E-state index contributed by atoms with van der Waals surface area (Å²) in [6, 6.07) is 35.5. The van der Waals surface area contributed by atoms with Crippen molar-refractivity contribution in [3.8, 4) is 5.75 Å². The van der Waals surface area contributed by atoms with Crippen molar-refractivity contribution in [3.05, 3.63) is 136 Å². The van der Waals surface area contributed by atoms with Crippen LogP contribution in [-0.2, 0) is 0 Å².